The molecular weight excluding hydrogens is 178 g/mol. The Balaban J connectivity index is 2.94. The zero-order chi connectivity index (χ0) is 10.7. The van der Waals surface area contributed by atoms with E-state index in [9.17, 15) is 4.79 Å². The molecule has 1 rings (SSSR count). The molecule has 0 aliphatic carbocycles. The van der Waals surface area contributed by atoms with Gasteiger partial charge in [-0.2, -0.15) is 5.10 Å². The fraction of sp³-hybridized carbons (Fsp3) is 0.600. The van der Waals surface area contributed by atoms with Crippen molar-refractivity contribution in [2.45, 2.75) is 33.7 Å². The van der Waals surface area contributed by atoms with Gasteiger partial charge >= 0.3 is 0 Å². The van der Waals surface area contributed by atoms with Gasteiger partial charge < -0.3 is 5.73 Å². The number of rotatable bonds is 4. The van der Waals surface area contributed by atoms with Gasteiger partial charge in [0.1, 0.15) is 5.69 Å². The van der Waals surface area contributed by atoms with Crippen molar-refractivity contribution in [1.82, 2.24) is 9.78 Å². The number of hydrogen-bond acceptors (Lipinski definition) is 2. The number of hydrogen-bond donors (Lipinski definition) is 1. The first-order chi connectivity index (χ1) is 6.54. The molecule has 1 aromatic rings. The van der Waals surface area contributed by atoms with Crippen LogP contribution in [0.4, 0.5) is 0 Å². The minimum Gasteiger partial charge on any atom is -0.364 e. The van der Waals surface area contributed by atoms with Crippen molar-refractivity contribution in [3.05, 3.63) is 17.5 Å². The first kappa shape index (κ1) is 10.8. The van der Waals surface area contributed by atoms with E-state index >= 15 is 0 Å². The summed E-state index contributed by atoms with van der Waals surface area (Å²) in [5.74, 6) is 0.130. The van der Waals surface area contributed by atoms with Gasteiger partial charge in [0.15, 0.2) is 0 Å². The molecule has 0 saturated carbocycles. The molecule has 0 fully saturated rings. The molecule has 0 aromatic carbocycles. The molecule has 0 aliphatic heterocycles. The number of nitrogens with two attached hydrogens (primary N) is 1. The topological polar surface area (TPSA) is 60.9 Å². The molecule has 0 saturated heterocycles. The van der Waals surface area contributed by atoms with Crippen LogP contribution < -0.4 is 5.73 Å². The number of carbonyl (C=O) groups excluding carboxylic acids is 1. The smallest absolute Gasteiger partial charge is 0.266 e. The van der Waals surface area contributed by atoms with E-state index in [4.69, 9.17) is 5.73 Å². The van der Waals surface area contributed by atoms with Gasteiger partial charge in [-0.25, -0.2) is 0 Å². The number of carbonyl (C=O) groups is 1. The first-order valence-corrected chi connectivity index (χ1v) is 4.91. The van der Waals surface area contributed by atoms with Gasteiger partial charge in [-0.3, -0.25) is 9.48 Å². The van der Waals surface area contributed by atoms with Gasteiger partial charge in [-0.05, 0) is 25.3 Å². The van der Waals surface area contributed by atoms with Gasteiger partial charge in [-0.15, -0.1) is 0 Å². The Labute approximate surface area is 84.1 Å². The largest absolute Gasteiger partial charge is 0.364 e. The van der Waals surface area contributed by atoms with Crippen LogP contribution in [0.5, 0.6) is 0 Å². The van der Waals surface area contributed by atoms with Crippen LogP contribution in [0.3, 0.4) is 0 Å². The second kappa shape index (κ2) is 4.26. The van der Waals surface area contributed by atoms with Crippen molar-refractivity contribution in [2.24, 2.45) is 11.7 Å². The molecule has 1 amide bonds. The predicted octanol–water partition coefficient (Wildman–Crippen LogP) is 1.20. The number of nitrogens with zero attached hydrogens (tertiary/aromatic N) is 2. The lowest BCUT2D eigenvalue weighted by Gasteiger charge is -1.99. The van der Waals surface area contributed by atoms with Gasteiger partial charge in [0.05, 0.1) is 5.69 Å². The number of aryl methyl sites for hydroxylation is 1. The lowest BCUT2D eigenvalue weighted by molar-refractivity contribution is 0.0990. The van der Waals surface area contributed by atoms with Crippen LogP contribution in [-0.2, 0) is 13.0 Å². The zero-order valence-corrected chi connectivity index (χ0v) is 8.95. The number of aromatic nitrogens is 2. The SMILES string of the molecule is CCn1nc(CC(C)C)cc1C(N)=O. The maximum Gasteiger partial charge on any atom is 0.266 e. The van der Waals surface area contributed by atoms with Crippen molar-refractivity contribution in [3.8, 4) is 0 Å². The molecule has 0 spiro atoms. The molecule has 14 heavy (non-hydrogen) atoms. The summed E-state index contributed by atoms with van der Waals surface area (Å²) < 4.78 is 1.65. The Morgan fingerprint density at radius 3 is 2.64 bits per heavy atom. The maximum absolute atomic E-state index is 11.0. The Hall–Kier alpha value is -1.32. The molecule has 0 aliphatic rings. The highest BCUT2D eigenvalue weighted by atomic mass is 16.1. The molecule has 78 valence electrons. The number of amides is 1. The third-order valence-corrected chi connectivity index (χ3v) is 2.00. The summed E-state index contributed by atoms with van der Waals surface area (Å²) in [4.78, 5) is 11.0. The van der Waals surface area contributed by atoms with Crippen molar-refractivity contribution >= 4 is 5.91 Å². The van der Waals surface area contributed by atoms with E-state index in [1.54, 1.807) is 10.7 Å². The Bertz CT molecular complexity index is 328. The maximum atomic E-state index is 11.0. The van der Waals surface area contributed by atoms with Gasteiger partial charge in [0.2, 0.25) is 0 Å². The third kappa shape index (κ3) is 2.34. The Morgan fingerprint density at radius 2 is 2.29 bits per heavy atom. The highest BCUT2D eigenvalue weighted by Crippen LogP contribution is 2.09. The van der Waals surface area contributed by atoms with Gasteiger partial charge in [-0.1, -0.05) is 13.8 Å². The van der Waals surface area contributed by atoms with E-state index in [2.05, 4.69) is 18.9 Å². The summed E-state index contributed by atoms with van der Waals surface area (Å²) in [7, 11) is 0. The van der Waals surface area contributed by atoms with Crippen molar-refractivity contribution in [1.29, 1.82) is 0 Å². The van der Waals surface area contributed by atoms with Crippen molar-refractivity contribution in [3.63, 3.8) is 0 Å². The lowest BCUT2D eigenvalue weighted by atomic mass is 10.1. The van der Waals surface area contributed by atoms with Crippen LogP contribution in [0.1, 0.15) is 37.0 Å². The van der Waals surface area contributed by atoms with Crippen LogP contribution in [-0.4, -0.2) is 15.7 Å². The molecular formula is C10H17N3O. The van der Waals surface area contributed by atoms with Crippen LogP contribution in [0, 0.1) is 5.92 Å². The Morgan fingerprint density at radius 1 is 1.64 bits per heavy atom. The minimum atomic E-state index is -0.408. The summed E-state index contributed by atoms with van der Waals surface area (Å²) in [5.41, 5.74) is 6.68. The summed E-state index contributed by atoms with van der Waals surface area (Å²) in [6.07, 6.45) is 0.882. The average Bonchev–Trinajstić information content (AvgIpc) is 2.46. The van der Waals surface area contributed by atoms with E-state index in [1.807, 2.05) is 6.92 Å². The highest BCUT2D eigenvalue weighted by Gasteiger charge is 2.11. The second-order valence-electron chi connectivity index (χ2n) is 3.80. The van der Waals surface area contributed by atoms with E-state index in [-0.39, 0.29) is 0 Å². The van der Waals surface area contributed by atoms with Gasteiger partial charge in [0.25, 0.3) is 5.91 Å². The molecule has 0 atom stereocenters. The normalized spacial score (nSPS) is 10.9. The van der Waals surface area contributed by atoms with Crippen LogP contribution in [0.2, 0.25) is 0 Å². The fourth-order valence-corrected chi connectivity index (χ4v) is 1.43. The summed E-state index contributed by atoms with van der Waals surface area (Å²) in [6, 6.07) is 1.78. The van der Waals surface area contributed by atoms with Gasteiger partial charge in [0, 0.05) is 6.54 Å². The zero-order valence-electron chi connectivity index (χ0n) is 8.95. The van der Waals surface area contributed by atoms with Crippen LogP contribution in [0.25, 0.3) is 0 Å². The standard InChI is InChI=1S/C10H17N3O/c1-4-13-9(10(11)14)6-8(12-13)5-7(2)3/h6-7H,4-5H2,1-3H3,(H2,11,14). The molecule has 0 bridgehead atoms. The molecule has 4 heteroatoms. The fourth-order valence-electron chi connectivity index (χ4n) is 1.43. The van der Waals surface area contributed by atoms with Crippen molar-refractivity contribution < 1.29 is 4.79 Å². The quantitative estimate of drug-likeness (QED) is 0.784. The van der Waals surface area contributed by atoms with Crippen LogP contribution >= 0.6 is 0 Å². The van der Waals surface area contributed by atoms with Crippen LogP contribution in [0.15, 0.2) is 6.07 Å². The number of primary amides is 1. The highest BCUT2D eigenvalue weighted by molar-refractivity contribution is 5.91. The van der Waals surface area contributed by atoms with E-state index in [0.29, 0.717) is 18.2 Å². The van der Waals surface area contributed by atoms with E-state index in [0.717, 1.165) is 12.1 Å². The van der Waals surface area contributed by atoms with Crippen molar-refractivity contribution in [2.75, 3.05) is 0 Å². The Kier molecular flexibility index (Phi) is 3.28. The third-order valence-electron chi connectivity index (χ3n) is 2.00. The monoisotopic (exact) mass is 195 g/mol. The molecule has 1 aromatic heterocycles. The molecule has 4 nitrogen and oxygen atoms in total. The first-order valence-electron chi connectivity index (χ1n) is 4.91. The molecule has 2 N–H and O–H groups in total. The van der Waals surface area contributed by atoms with E-state index in [1.165, 1.54) is 0 Å². The second-order valence-corrected chi connectivity index (χ2v) is 3.80. The lowest BCUT2D eigenvalue weighted by Crippen LogP contribution is -2.16. The summed E-state index contributed by atoms with van der Waals surface area (Å²) >= 11 is 0. The predicted molar refractivity (Wildman–Crippen MR) is 55.0 cm³/mol. The molecule has 0 radical (unpaired) electrons. The molecule has 0 unspecified atom stereocenters. The summed E-state index contributed by atoms with van der Waals surface area (Å²) in [6.45, 7) is 6.86. The summed E-state index contributed by atoms with van der Waals surface area (Å²) in [5, 5.41) is 4.31. The minimum absolute atomic E-state index is 0.408. The molecule has 1 heterocycles. The average molecular weight is 195 g/mol. The van der Waals surface area contributed by atoms with E-state index < -0.39 is 5.91 Å².